The van der Waals surface area contributed by atoms with E-state index in [1.807, 2.05) is 13.0 Å². The lowest BCUT2D eigenvalue weighted by atomic mass is 10.0. The summed E-state index contributed by atoms with van der Waals surface area (Å²) in [6, 6.07) is 11.3. The highest BCUT2D eigenvalue weighted by Gasteiger charge is 2.22. The number of halogens is 1. The van der Waals surface area contributed by atoms with E-state index in [2.05, 4.69) is 4.72 Å². The zero-order chi connectivity index (χ0) is 18.0. The van der Waals surface area contributed by atoms with Gasteiger partial charge >= 0.3 is 0 Å². The van der Waals surface area contributed by atoms with Crippen LogP contribution in [0.4, 0.5) is 11.4 Å². The van der Waals surface area contributed by atoms with Gasteiger partial charge in [-0.15, -0.1) is 0 Å². The molecule has 5 nitrogen and oxygen atoms in total. The van der Waals surface area contributed by atoms with Crippen molar-refractivity contribution in [1.29, 1.82) is 0 Å². The number of nitrogens with one attached hydrogen (secondary N) is 1. The van der Waals surface area contributed by atoms with Crippen molar-refractivity contribution < 1.29 is 13.2 Å². The number of anilines is 2. The molecule has 1 aliphatic rings. The average molecular weight is 379 g/mol. The van der Waals surface area contributed by atoms with Crippen LogP contribution in [0.1, 0.15) is 25.3 Å². The molecule has 0 bridgehead atoms. The van der Waals surface area contributed by atoms with E-state index in [0.29, 0.717) is 23.7 Å². The fraction of sp³-hybridized carbons (Fsp3) is 0.278. The van der Waals surface area contributed by atoms with E-state index < -0.39 is 10.0 Å². The summed E-state index contributed by atoms with van der Waals surface area (Å²) in [6.45, 7) is 2.48. The standard InChI is InChI=1S/C18H19ClN2O3S/c1-2-18(22)21-11-3-4-13-5-8-15(12-17(13)21)20-25(23,24)16-9-6-14(19)7-10-16/h5-10,12,20H,2-4,11H2,1H3. The monoisotopic (exact) mass is 378 g/mol. The lowest BCUT2D eigenvalue weighted by Crippen LogP contribution is -2.35. The van der Waals surface area contributed by atoms with Gasteiger partial charge in [0.25, 0.3) is 10.0 Å². The van der Waals surface area contributed by atoms with Crippen molar-refractivity contribution in [3.63, 3.8) is 0 Å². The minimum Gasteiger partial charge on any atom is -0.312 e. The van der Waals surface area contributed by atoms with E-state index in [1.54, 1.807) is 17.0 Å². The predicted octanol–water partition coefficient (Wildman–Crippen LogP) is 3.83. The van der Waals surface area contributed by atoms with Gasteiger partial charge in [-0.3, -0.25) is 9.52 Å². The number of rotatable bonds is 4. The molecule has 3 rings (SSSR count). The Morgan fingerprint density at radius 1 is 1.20 bits per heavy atom. The molecule has 0 aliphatic carbocycles. The van der Waals surface area contributed by atoms with Crippen LogP contribution < -0.4 is 9.62 Å². The van der Waals surface area contributed by atoms with E-state index in [0.717, 1.165) is 24.1 Å². The van der Waals surface area contributed by atoms with Gasteiger partial charge in [-0.1, -0.05) is 24.6 Å². The van der Waals surface area contributed by atoms with Gasteiger partial charge in [0, 0.05) is 23.7 Å². The van der Waals surface area contributed by atoms with E-state index >= 15 is 0 Å². The summed E-state index contributed by atoms with van der Waals surface area (Å²) in [5.41, 5.74) is 2.28. The Morgan fingerprint density at radius 3 is 2.60 bits per heavy atom. The largest absolute Gasteiger partial charge is 0.312 e. The number of benzene rings is 2. The van der Waals surface area contributed by atoms with E-state index in [9.17, 15) is 13.2 Å². The molecule has 0 saturated carbocycles. The number of carbonyl (C=O) groups excluding carboxylic acids is 1. The van der Waals surface area contributed by atoms with Crippen LogP contribution in [-0.4, -0.2) is 20.9 Å². The van der Waals surface area contributed by atoms with Crippen LogP contribution >= 0.6 is 11.6 Å². The highest BCUT2D eigenvalue weighted by Crippen LogP contribution is 2.31. The van der Waals surface area contributed by atoms with Gasteiger partial charge in [0.15, 0.2) is 0 Å². The smallest absolute Gasteiger partial charge is 0.261 e. The SMILES string of the molecule is CCC(=O)N1CCCc2ccc(NS(=O)(=O)c3ccc(Cl)cc3)cc21. The minimum atomic E-state index is -3.71. The fourth-order valence-electron chi connectivity index (χ4n) is 2.92. The summed E-state index contributed by atoms with van der Waals surface area (Å²) in [6.07, 6.45) is 2.21. The molecule has 2 aromatic rings. The van der Waals surface area contributed by atoms with Crippen molar-refractivity contribution in [1.82, 2.24) is 0 Å². The molecule has 25 heavy (non-hydrogen) atoms. The van der Waals surface area contributed by atoms with Gasteiger partial charge in [0.1, 0.15) is 0 Å². The summed E-state index contributed by atoms with van der Waals surface area (Å²) < 4.78 is 27.6. The molecule has 0 saturated heterocycles. The van der Waals surface area contributed by atoms with Gasteiger partial charge in [-0.05, 0) is 54.8 Å². The van der Waals surface area contributed by atoms with Gasteiger partial charge < -0.3 is 4.90 Å². The molecule has 0 atom stereocenters. The van der Waals surface area contributed by atoms with Crippen LogP contribution in [0.2, 0.25) is 5.02 Å². The number of hydrogen-bond acceptors (Lipinski definition) is 3. The molecule has 7 heteroatoms. The van der Waals surface area contributed by atoms with Crippen molar-refractivity contribution in [3.05, 3.63) is 53.1 Å². The average Bonchev–Trinajstić information content (AvgIpc) is 2.60. The first-order valence-electron chi connectivity index (χ1n) is 8.12. The van der Waals surface area contributed by atoms with Gasteiger partial charge in [-0.2, -0.15) is 0 Å². The molecule has 132 valence electrons. The Kier molecular flexibility index (Phi) is 5.01. The van der Waals surface area contributed by atoms with Gasteiger partial charge in [0.2, 0.25) is 5.91 Å². The lowest BCUT2D eigenvalue weighted by Gasteiger charge is -2.29. The zero-order valence-corrected chi connectivity index (χ0v) is 15.4. The summed E-state index contributed by atoms with van der Waals surface area (Å²) in [5, 5.41) is 0.474. The maximum Gasteiger partial charge on any atom is 0.261 e. The third kappa shape index (κ3) is 3.80. The van der Waals surface area contributed by atoms with E-state index in [1.165, 1.54) is 24.3 Å². The molecular weight excluding hydrogens is 360 g/mol. The van der Waals surface area contributed by atoms with Crippen LogP contribution in [0.3, 0.4) is 0 Å². The number of sulfonamides is 1. The first-order valence-corrected chi connectivity index (χ1v) is 9.98. The number of carbonyl (C=O) groups is 1. The highest BCUT2D eigenvalue weighted by molar-refractivity contribution is 7.92. The second kappa shape index (κ2) is 7.06. The van der Waals surface area contributed by atoms with Crippen LogP contribution in [0.15, 0.2) is 47.4 Å². The highest BCUT2D eigenvalue weighted by atomic mass is 35.5. The molecule has 0 radical (unpaired) electrons. The molecule has 0 aromatic heterocycles. The number of amides is 1. The summed E-state index contributed by atoms with van der Waals surface area (Å²) in [7, 11) is -3.71. The fourth-order valence-corrected chi connectivity index (χ4v) is 4.09. The number of nitrogens with zero attached hydrogens (tertiary/aromatic N) is 1. The van der Waals surface area contributed by atoms with Crippen molar-refractivity contribution >= 4 is 38.9 Å². The van der Waals surface area contributed by atoms with Crippen molar-refractivity contribution in [2.45, 2.75) is 31.1 Å². The molecule has 1 heterocycles. The summed E-state index contributed by atoms with van der Waals surface area (Å²) in [5.74, 6) is 0.0404. The molecule has 1 aliphatic heterocycles. The van der Waals surface area contributed by atoms with Crippen LogP contribution in [-0.2, 0) is 21.2 Å². The first-order chi connectivity index (χ1) is 11.9. The van der Waals surface area contributed by atoms with Crippen molar-refractivity contribution in [2.24, 2.45) is 0 Å². The summed E-state index contributed by atoms with van der Waals surface area (Å²) in [4.78, 5) is 14.0. The van der Waals surface area contributed by atoms with Gasteiger partial charge in [-0.25, -0.2) is 8.42 Å². The van der Waals surface area contributed by atoms with Gasteiger partial charge in [0.05, 0.1) is 10.6 Å². The maximum atomic E-state index is 12.5. The number of aryl methyl sites for hydroxylation is 1. The summed E-state index contributed by atoms with van der Waals surface area (Å²) >= 11 is 5.81. The maximum absolute atomic E-state index is 12.5. The molecule has 2 aromatic carbocycles. The Bertz CT molecular complexity index is 895. The topological polar surface area (TPSA) is 66.5 Å². The van der Waals surface area contributed by atoms with Crippen molar-refractivity contribution in [2.75, 3.05) is 16.2 Å². The molecular formula is C18H19ClN2O3S. The Morgan fingerprint density at radius 2 is 1.92 bits per heavy atom. The minimum absolute atomic E-state index is 0.0404. The number of hydrogen-bond donors (Lipinski definition) is 1. The zero-order valence-electron chi connectivity index (χ0n) is 13.8. The molecule has 1 N–H and O–H groups in total. The second-order valence-electron chi connectivity index (χ2n) is 5.91. The van der Waals surface area contributed by atoms with Crippen LogP contribution in [0.5, 0.6) is 0 Å². The molecule has 1 amide bonds. The molecule has 0 fully saturated rings. The quantitative estimate of drug-likeness (QED) is 0.879. The normalized spacial score (nSPS) is 14.1. The molecule has 0 unspecified atom stereocenters. The lowest BCUT2D eigenvalue weighted by molar-refractivity contribution is -0.118. The Balaban J connectivity index is 1.91. The van der Waals surface area contributed by atoms with Crippen molar-refractivity contribution in [3.8, 4) is 0 Å². The third-order valence-corrected chi connectivity index (χ3v) is 5.83. The third-order valence-electron chi connectivity index (χ3n) is 4.18. The van der Waals surface area contributed by atoms with E-state index in [-0.39, 0.29) is 10.8 Å². The second-order valence-corrected chi connectivity index (χ2v) is 8.02. The molecule has 0 spiro atoms. The van der Waals surface area contributed by atoms with Crippen LogP contribution in [0, 0.1) is 0 Å². The Hall–Kier alpha value is -2.05. The first kappa shape index (κ1) is 17.8. The Labute approximate surface area is 152 Å². The predicted molar refractivity (Wildman–Crippen MR) is 99.7 cm³/mol. The van der Waals surface area contributed by atoms with E-state index in [4.69, 9.17) is 11.6 Å². The number of fused-ring (bicyclic) bond motifs is 1. The van der Waals surface area contributed by atoms with Crippen LogP contribution in [0.25, 0.3) is 0 Å².